The SMILES string of the molecule is Cn1cncc1-c1ccc2cnc(CC(=O)c3ccnc(N4CCC(F)(F)CC4)c3)nc2c1. The zero-order chi connectivity index (χ0) is 23.0. The number of benzene rings is 1. The molecular weight excluding hydrogens is 426 g/mol. The standard InChI is InChI=1S/C24H22F2N6O/c1-31-15-27-14-20(31)16-2-3-18-13-29-22(30-19(18)10-16)12-21(33)17-4-7-28-23(11-17)32-8-5-24(25,26)6-9-32/h2-4,7,10-11,13-15H,5-6,8-9,12H2,1H3. The quantitative estimate of drug-likeness (QED) is 0.428. The van der Waals surface area contributed by atoms with Crippen LogP contribution in [0.4, 0.5) is 14.6 Å². The van der Waals surface area contributed by atoms with Crippen molar-refractivity contribution >= 4 is 22.5 Å². The summed E-state index contributed by atoms with van der Waals surface area (Å²) in [6.45, 7) is 0.425. The van der Waals surface area contributed by atoms with Gasteiger partial charge in [-0.05, 0) is 18.2 Å². The number of aromatic nitrogens is 5. The van der Waals surface area contributed by atoms with Crippen molar-refractivity contribution in [1.29, 1.82) is 0 Å². The number of hydrogen-bond acceptors (Lipinski definition) is 6. The Morgan fingerprint density at radius 2 is 1.91 bits per heavy atom. The van der Waals surface area contributed by atoms with Crippen LogP contribution in [0, 0.1) is 0 Å². The molecule has 1 saturated heterocycles. The lowest BCUT2D eigenvalue weighted by molar-refractivity contribution is -0.0221. The number of fused-ring (bicyclic) bond motifs is 1. The lowest BCUT2D eigenvalue weighted by Gasteiger charge is -2.32. The topological polar surface area (TPSA) is 76.8 Å². The normalized spacial score (nSPS) is 15.7. The number of alkyl halides is 2. The minimum Gasteiger partial charge on any atom is -0.356 e. The van der Waals surface area contributed by atoms with Crippen LogP contribution >= 0.6 is 0 Å². The number of imidazole rings is 1. The number of piperidine rings is 1. The zero-order valence-electron chi connectivity index (χ0n) is 18.1. The largest absolute Gasteiger partial charge is 0.356 e. The fourth-order valence-electron chi connectivity index (χ4n) is 4.01. The Balaban J connectivity index is 1.35. The third kappa shape index (κ3) is 4.44. The van der Waals surface area contributed by atoms with Crippen LogP contribution in [0.1, 0.15) is 29.0 Å². The highest BCUT2D eigenvalue weighted by Gasteiger charge is 2.34. The van der Waals surface area contributed by atoms with Crippen molar-refractivity contribution in [2.75, 3.05) is 18.0 Å². The summed E-state index contributed by atoms with van der Waals surface area (Å²) >= 11 is 0. The molecule has 0 saturated carbocycles. The molecule has 0 spiro atoms. The molecule has 4 aromatic rings. The Kier molecular flexibility index (Phi) is 5.32. The number of ketones is 1. The van der Waals surface area contributed by atoms with Gasteiger partial charge in [0.1, 0.15) is 11.6 Å². The lowest BCUT2D eigenvalue weighted by atomic mass is 10.1. The summed E-state index contributed by atoms with van der Waals surface area (Å²) in [7, 11) is 1.93. The first-order chi connectivity index (χ1) is 15.9. The number of Topliss-reactive ketones (excluding diaryl/α,β-unsaturated/α-hetero) is 1. The van der Waals surface area contributed by atoms with Gasteiger partial charge in [0, 0.05) is 61.9 Å². The summed E-state index contributed by atoms with van der Waals surface area (Å²) in [6.07, 6.45) is 6.39. The fraction of sp³-hybridized carbons (Fsp3) is 0.292. The van der Waals surface area contributed by atoms with Crippen molar-refractivity contribution in [3.63, 3.8) is 0 Å². The Hall–Kier alpha value is -3.75. The van der Waals surface area contributed by atoms with Crippen LogP contribution in [0.25, 0.3) is 22.2 Å². The van der Waals surface area contributed by atoms with Gasteiger partial charge in [-0.15, -0.1) is 0 Å². The molecule has 0 bridgehead atoms. The summed E-state index contributed by atoms with van der Waals surface area (Å²) < 4.78 is 28.8. The molecule has 0 amide bonds. The van der Waals surface area contributed by atoms with Gasteiger partial charge in [-0.25, -0.2) is 28.7 Å². The molecule has 168 valence electrons. The number of anilines is 1. The predicted molar refractivity (Wildman–Crippen MR) is 120 cm³/mol. The Morgan fingerprint density at radius 3 is 2.67 bits per heavy atom. The van der Waals surface area contributed by atoms with Crippen LogP contribution in [0.3, 0.4) is 0 Å². The van der Waals surface area contributed by atoms with Crippen LogP contribution in [0.2, 0.25) is 0 Å². The number of pyridine rings is 1. The van der Waals surface area contributed by atoms with E-state index in [2.05, 4.69) is 19.9 Å². The molecular formula is C24H22F2N6O. The molecule has 1 aliphatic heterocycles. The first kappa shape index (κ1) is 21.1. The van der Waals surface area contributed by atoms with Crippen molar-refractivity contribution in [3.05, 3.63) is 66.6 Å². The third-order valence-corrected chi connectivity index (χ3v) is 5.95. The van der Waals surface area contributed by atoms with E-state index >= 15 is 0 Å². The minimum atomic E-state index is -2.63. The molecule has 33 heavy (non-hydrogen) atoms. The summed E-state index contributed by atoms with van der Waals surface area (Å²) in [4.78, 5) is 32.1. The molecule has 0 atom stereocenters. The molecule has 1 aromatic carbocycles. The monoisotopic (exact) mass is 448 g/mol. The highest BCUT2D eigenvalue weighted by Crippen LogP contribution is 2.30. The number of nitrogens with zero attached hydrogens (tertiary/aromatic N) is 6. The van der Waals surface area contributed by atoms with Crippen LogP contribution in [-0.2, 0) is 13.5 Å². The average molecular weight is 448 g/mol. The molecule has 0 radical (unpaired) electrons. The van der Waals surface area contributed by atoms with Crippen LogP contribution in [0.15, 0.2) is 55.2 Å². The molecule has 0 aliphatic carbocycles. The van der Waals surface area contributed by atoms with Gasteiger partial charge in [0.25, 0.3) is 5.92 Å². The van der Waals surface area contributed by atoms with Crippen LogP contribution < -0.4 is 4.90 Å². The van der Waals surface area contributed by atoms with E-state index in [4.69, 9.17) is 0 Å². The highest BCUT2D eigenvalue weighted by molar-refractivity contribution is 5.98. The average Bonchev–Trinajstić information content (AvgIpc) is 3.24. The van der Waals surface area contributed by atoms with E-state index in [1.54, 1.807) is 35.8 Å². The van der Waals surface area contributed by atoms with Gasteiger partial charge in [-0.2, -0.15) is 0 Å². The summed E-state index contributed by atoms with van der Waals surface area (Å²) in [5.41, 5.74) is 3.15. The molecule has 1 fully saturated rings. The second-order valence-corrected chi connectivity index (χ2v) is 8.30. The predicted octanol–water partition coefficient (Wildman–Crippen LogP) is 4.09. The Morgan fingerprint density at radius 1 is 1.09 bits per heavy atom. The van der Waals surface area contributed by atoms with Crippen molar-refractivity contribution in [1.82, 2.24) is 24.5 Å². The van der Waals surface area contributed by atoms with Crippen molar-refractivity contribution in [2.24, 2.45) is 7.05 Å². The smallest absolute Gasteiger partial charge is 0.251 e. The molecule has 0 unspecified atom stereocenters. The van der Waals surface area contributed by atoms with E-state index in [1.807, 2.05) is 29.8 Å². The number of rotatable bonds is 5. The molecule has 3 aromatic heterocycles. The van der Waals surface area contributed by atoms with Gasteiger partial charge >= 0.3 is 0 Å². The van der Waals surface area contributed by atoms with Gasteiger partial charge in [0.05, 0.1) is 30.2 Å². The van der Waals surface area contributed by atoms with Gasteiger partial charge in [-0.1, -0.05) is 12.1 Å². The third-order valence-electron chi connectivity index (χ3n) is 5.95. The molecule has 1 aliphatic rings. The summed E-state index contributed by atoms with van der Waals surface area (Å²) in [5.74, 6) is -1.82. The number of halogens is 2. The minimum absolute atomic E-state index is 0.0351. The van der Waals surface area contributed by atoms with Crippen molar-refractivity contribution in [2.45, 2.75) is 25.2 Å². The number of carbonyl (C=O) groups is 1. The lowest BCUT2D eigenvalue weighted by Crippen LogP contribution is -2.39. The summed E-state index contributed by atoms with van der Waals surface area (Å²) in [6, 6.07) is 9.18. The van der Waals surface area contributed by atoms with E-state index < -0.39 is 5.92 Å². The van der Waals surface area contributed by atoms with Crippen molar-refractivity contribution in [3.8, 4) is 11.3 Å². The first-order valence-electron chi connectivity index (χ1n) is 10.7. The Bertz CT molecular complexity index is 1330. The highest BCUT2D eigenvalue weighted by atomic mass is 19.3. The second-order valence-electron chi connectivity index (χ2n) is 8.30. The van der Waals surface area contributed by atoms with Gasteiger partial charge in [0.2, 0.25) is 0 Å². The van der Waals surface area contributed by atoms with Gasteiger partial charge in [-0.3, -0.25) is 4.79 Å². The first-order valence-corrected chi connectivity index (χ1v) is 10.7. The summed E-state index contributed by atoms with van der Waals surface area (Å²) in [5, 5.41) is 0.880. The number of hydrogen-bond donors (Lipinski definition) is 0. The number of aryl methyl sites for hydroxylation is 1. The zero-order valence-corrected chi connectivity index (χ0v) is 18.1. The molecule has 0 N–H and O–H groups in total. The molecule has 4 heterocycles. The van der Waals surface area contributed by atoms with E-state index in [0.29, 0.717) is 17.2 Å². The maximum atomic E-state index is 13.5. The molecule has 7 nitrogen and oxygen atoms in total. The van der Waals surface area contributed by atoms with Gasteiger partial charge < -0.3 is 9.47 Å². The maximum absolute atomic E-state index is 13.5. The number of carbonyl (C=O) groups excluding carboxylic acids is 1. The molecule has 5 rings (SSSR count). The van der Waals surface area contributed by atoms with Crippen molar-refractivity contribution < 1.29 is 13.6 Å². The second kappa shape index (κ2) is 8.31. The maximum Gasteiger partial charge on any atom is 0.251 e. The van der Waals surface area contributed by atoms with E-state index in [-0.39, 0.29) is 38.1 Å². The van der Waals surface area contributed by atoms with Crippen LogP contribution in [0.5, 0.6) is 0 Å². The molecule has 9 heteroatoms. The fourth-order valence-corrected chi connectivity index (χ4v) is 4.01. The van der Waals surface area contributed by atoms with E-state index in [0.717, 1.165) is 22.2 Å². The van der Waals surface area contributed by atoms with Gasteiger partial charge in [0.15, 0.2) is 5.78 Å². The van der Waals surface area contributed by atoms with E-state index in [9.17, 15) is 13.6 Å². The van der Waals surface area contributed by atoms with Crippen LogP contribution in [-0.4, -0.2) is 49.3 Å². The van der Waals surface area contributed by atoms with E-state index in [1.165, 1.54) is 6.20 Å². The Labute approximate surface area is 189 Å².